The minimum Gasteiger partial charge on any atom is -0.385 e. The molecule has 0 aliphatic carbocycles. The molecule has 2 aliphatic rings. The minimum atomic E-state index is -0.0163. The lowest BCUT2D eigenvalue weighted by atomic mass is 9.99. The number of rotatable bonds is 6. The maximum Gasteiger partial charge on any atom is 0.229 e. The van der Waals surface area contributed by atoms with Gasteiger partial charge in [-0.05, 0) is 61.9 Å². The molecule has 3 N–H and O–H groups in total. The van der Waals surface area contributed by atoms with Crippen LogP contribution in [0.25, 0.3) is 11.1 Å². The van der Waals surface area contributed by atoms with Gasteiger partial charge < -0.3 is 20.7 Å². The average Bonchev–Trinajstić information content (AvgIpc) is 2.80. The Balaban J connectivity index is 1.45. The summed E-state index contributed by atoms with van der Waals surface area (Å²) in [5.74, 6) is 1.17. The monoisotopic (exact) mass is 428 g/mol. The van der Waals surface area contributed by atoms with E-state index in [0.717, 1.165) is 68.8 Å². The Labute approximate surface area is 182 Å². The molecule has 0 saturated carbocycles. The molecule has 2 fully saturated rings. The summed E-state index contributed by atoms with van der Waals surface area (Å²) >= 11 is 6.45. The summed E-state index contributed by atoms with van der Waals surface area (Å²) in [7, 11) is 0. The summed E-state index contributed by atoms with van der Waals surface area (Å²) in [6.07, 6.45) is 5.73. The van der Waals surface area contributed by atoms with Crippen molar-refractivity contribution in [2.75, 3.05) is 43.5 Å². The van der Waals surface area contributed by atoms with Crippen LogP contribution in [-0.4, -0.2) is 43.7 Å². The number of nitrogens with one attached hydrogen (secondary N) is 3. The molecule has 30 heavy (non-hydrogen) atoms. The highest BCUT2D eigenvalue weighted by Gasteiger charge is 2.21. The lowest BCUT2D eigenvalue weighted by Gasteiger charge is -2.23. The molecule has 0 bridgehead atoms. The molecule has 1 atom stereocenters. The zero-order valence-corrected chi connectivity index (χ0v) is 17.9. The van der Waals surface area contributed by atoms with Crippen molar-refractivity contribution in [1.82, 2.24) is 10.3 Å². The Hall–Kier alpha value is -2.15. The van der Waals surface area contributed by atoms with Crippen molar-refractivity contribution < 1.29 is 9.53 Å². The van der Waals surface area contributed by atoms with Gasteiger partial charge in [0.25, 0.3) is 0 Å². The SMILES string of the molecule is O=C(Nc1cc(-c2cccc(NCC3CCOCC3)c2)c(Cl)cn1)C1CCCNC1. The number of ether oxygens (including phenoxy) is 1. The lowest BCUT2D eigenvalue weighted by molar-refractivity contribution is -0.120. The summed E-state index contributed by atoms with van der Waals surface area (Å²) in [6.45, 7) is 4.33. The summed E-state index contributed by atoms with van der Waals surface area (Å²) < 4.78 is 5.44. The number of hydrogen-bond acceptors (Lipinski definition) is 5. The second-order valence-corrected chi connectivity index (χ2v) is 8.51. The van der Waals surface area contributed by atoms with Crippen LogP contribution in [0.2, 0.25) is 5.02 Å². The van der Waals surface area contributed by atoms with Crippen molar-refractivity contribution in [3.05, 3.63) is 41.6 Å². The smallest absolute Gasteiger partial charge is 0.229 e. The fourth-order valence-corrected chi connectivity index (χ4v) is 4.25. The minimum absolute atomic E-state index is 0.00912. The van der Waals surface area contributed by atoms with E-state index in [1.54, 1.807) is 6.20 Å². The van der Waals surface area contributed by atoms with Crippen molar-refractivity contribution in [2.45, 2.75) is 25.7 Å². The number of benzene rings is 1. The number of halogens is 1. The largest absolute Gasteiger partial charge is 0.385 e. The summed E-state index contributed by atoms with van der Waals surface area (Å²) in [5.41, 5.74) is 2.92. The molecule has 2 aromatic rings. The molecular weight excluding hydrogens is 400 g/mol. The Morgan fingerprint density at radius 1 is 1.23 bits per heavy atom. The van der Waals surface area contributed by atoms with E-state index in [0.29, 0.717) is 23.3 Å². The fourth-order valence-electron chi connectivity index (χ4n) is 4.04. The molecule has 2 aliphatic heterocycles. The van der Waals surface area contributed by atoms with Gasteiger partial charge in [-0.3, -0.25) is 4.79 Å². The molecule has 1 amide bonds. The maximum atomic E-state index is 12.5. The van der Waals surface area contributed by atoms with Gasteiger partial charge in [-0.15, -0.1) is 0 Å². The predicted molar refractivity (Wildman–Crippen MR) is 121 cm³/mol. The number of aromatic nitrogens is 1. The van der Waals surface area contributed by atoms with Crippen molar-refractivity contribution in [3.8, 4) is 11.1 Å². The summed E-state index contributed by atoms with van der Waals surface area (Å²) in [6, 6.07) is 10.1. The number of nitrogens with zero attached hydrogens (tertiary/aromatic N) is 1. The molecular formula is C23H29ClN4O2. The topological polar surface area (TPSA) is 75.3 Å². The first-order valence-corrected chi connectivity index (χ1v) is 11.2. The predicted octanol–water partition coefficient (Wildman–Crippen LogP) is 4.18. The van der Waals surface area contributed by atoms with Gasteiger partial charge in [-0.1, -0.05) is 23.7 Å². The quantitative estimate of drug-likeness (QED) is 0.643. The highest BCUT2D eigenvalue weighted by Crippen LogP contribution is 2.31. The number of amides is 1. The maximum absolute atomic E-state index is 12.5. The molecule has 7 heteroatoms. The van der Waals surface area contributed by atoms with Crippen LogP contribution in [0.5, 0.6) is 0 Å². The number of carbonyl (C=O) groups is 1. The Bertz CT molecular complexity index is 864. The standard InChI is InChI=1S/C23H29ClN4O2/c24-21-15-27-22(28-23(29)18-4-2-8-25-14-18)12-20(21)17-3-1-5-19(11-17)26-13-16-6-9-30-10-7-16/h1,3,5,11-12,15-16,18,25-26H,2,4,6-10,13-14H2,(H,27,28,29). The van der Waals surface area contributed by atoms with Gasteiger partial charge in [0.2, 0.25) is 5.91 Å². The normalized spacial score (nSPS) is 20.0. The highest BCUT2D eigenvalue weighted by atomic mass is 35.5. The van der Waals surface area contributed by atoms with Crippen LogP contribution in [0.1, 0.15) is 25.7 Å². The third-order valence-electron chi connectivity index (χ3n) is 5.88. The second-order valence-electron chi connectivity index (χ2n) is 8.10. The summed E-state index contributed by atoms with van der Waals surface area (Å²) in [5, 5.41) is 10.3. The van der Waals surface area contributed by atoms with Gasteiger partial charge in [0.1, 0.15) is 5.82 Å². The first-order chi connectivity index (χ1) is 14.7. The Kier molecular flexibility index (Phi) is 7.20. The molecule has 0 spiro atoms. The van der Waals surface area contributed by atoms with Crippen molar-refractivity contribution in [1.29, 1.82) is 0 Å². The molecule has 160 valence electrons. The fraction of sp³-hybridized carbons (Fsp3) is 0.478. The van der Waals surface area contributed by atoms with E-state index in [2.05, 4.69) is 33.1 Å². The van der Waals surface area contributed by atoms with Crippen LogP contribution in [0, 0.1) is 11.8 Å². The van der Waals surface area contributed by atoms with Gasteiger partial charge >= 0.3 is 0 Å². The van der Waals surface area contributed by atoms with E-state index >= 15 is 0 Å². The molecule has 3 heterocycles. The average molecular weight is 429 g/mol. The van der Waals surface area contributed by atoms with Gasteiger partial charge in [0.15, 0.2) is 0 Å². The molecule has 0 radical (unpaired) electrons. The van der Waals surface area contributed by atoms with E-state index in [9.17, 15) is 4.79 Å². The van der Waals surface area contributed by atoms with Gasteiger partial charge in [0.05, 0.1) is 10.9 Å². The van der Waals surface area contributed by atoms with Crippen LogP contribution < -0.4 is 16.0 Å². The number of hydrogen-bond donors (Lipinski definition) is 3. The molecule has 1 unspecified atom stereocenters. The number of piperidine rings is 1. The highest BCUT2D eigenvalue weighted by molar-refractivity contribution is 6.33. The van der Waals surface area contributed by atoms with E-state index in [1.165, 1.54) is 0 Å². The van der Waals surface area contributed by atoms with E-state index < -0.39 is 0 Å². The number of carbonyl (C=O) groups excluding carboxylic acids is 1. The lowest BCUT2D eigenvalue weighted by Crippen LogP contribution is -2.37. The first-order valence-electron chi connectivity index (χ1n) is 10.8. The van der Waals surface area contributed by atoms with Crippen molar-refractivity contribution in [2.24, 2.45) is 11.8 Å². The van der Waals surface area contributed by atoms with Crippen LogP contribution in [0.4, 0.5) is 11.5 Å². The number of pyridine rings is 1. The molecule has 6 nitrogen and oxygen atoms in total. The van der Waals surface area contributed by atoms with E-state index in [-0.39, 0.29) is 11.8 Å². The second kappa shape index (κ2) is 10.2. The van der Waals surface area contributed by atoms with E-state index in [1.807, 2.05) is 18.2 Å². The third-order valence-corrected chi connectivity index (χ3v) is 6.18. The zero-order valence-electron chi connectivity index (χ0n) is 17.1. The molecule has 1 aromatic carbocycles. The van der Waals surface area contributed by atoms with Crippen molar-refractivity contribution >= 4 is 29.0 Å². The van der Waals surface area contributed by atoms with Gasteiger partial charge in [-0.25, -0.2) is 4.98 Å². The van der Waals surface area contributed by atoms with Crippen LogP contribution in [0.15, 0.2) is 36.5 Å². The van der Waals surface area contributed by atoms with Crippen LogP contribution in [-0.2, 0) is 9.53 Å². The first kappa shape index (κ1) is 21.1. The molecule has 1 aromatic heterocycles. The Morgan fingerprint density at radius 2 is 2.10 bits per heavy atom. The third kappa shape index (κ3) is 5.50. The van der Waals surface area contributed by atoms with Crippen LogP contribution >= 0.6 is 11.6 Å². The van der Waals surface area contributed by atoms with Crippen LogP contribution in [0.3, 0.4) is 0 Å². The Morgan fingerprint density at radius 3 is 2.90 bits per heavy atom. The zero-order chi connectivity index (χ0) is 20.8. The summed E-state index contributed by atoms with van der Waals surface area (Å²) in [4.78, 5) is 16.9. The van der Waals surface area contributed by atoms with E-state index in [4.69, 9.17) is 16.3 Å². The van der Waals surface area contributed by atoms with Gasteiger partial charge in [0, 0.05) is 43.8 Å². The molecule has 2 saturated heterocycles. The number of anilines is 2. The van der Waals surface area contributed by atoms with Gasteiger partial charge in [-0.2, -0.15) is 0 Å². The van der Waals surface area contributed by atoms with Crippen molar-refractivity contribution in [3.63, 3.8) is 0 Å². The molecule has 4 rings (SSSR count).